The van der Waals surface area contributed by atoms with Crippen LogP contribution in [0.25, 0.3) is 0 Å². The van der Waals surface area contributed by atoms with E-state index in [1.807, 2.05) is 6.92 Å². The van der Waals surface area contributed by atoms with Crippen LogP contribution in [0.3, 0.4) is 0 Å². The maximum atomic E-state index is 10.3. The van der Waals surface area contributed by atoms with Gasteiger partial charge in [0.05, 0.1) is 11.8 Å². The van der Waals surface area contributed by atoms with Crippen LogP contribution in [0, 0.1) is 34.5 Å². The third-order valence-corrected chi connectivity index (χ3v) is 8.76. The van der Waals surface area contributed by atoms with Gasteiger partial charge in [-0.1, -0.05) is 24.6 Å². The van der Waals surface area contributed by atoms with E-state index in [1.165, 1.54) is 44.1 Å². The van der Waals surface area contributed by atoms with Gasteiger partial charge in [-0.05, 0) is 98.9 Å². The molecule has 0 saturated heterocycles. The molecule has 0 aromatic heterocycles. The highest BCUT2D eigenvalue weighted by molar-refractivity contribution is 5.96. The lowest BCUT2D eigenvalue weighted by atomic mass is 9.46. The van der Waals surface area contributed by atoms with Crippen LogP contribution in [-0.4, -0.2) is 22.1 Å². The fourth-order valence-corrected chi connectivity index (χ4v) is 7.48. The van der Waals surface area contributed by atoms with Crippen molar-refractivity contribution in [3.05, 3.63) is 11.6 Å². The Bertz CT molecular complexity index is 580. The van der Waals surface area contributed by atoms with E-state index < -0.39 is 0 Å². The summed E-state index contributed by atoms with van der Waals surface area (Å²) in [6.45, 7) is 6.96. The summed E-state index contributed by atoms with van der Waals surface area (Å²) in [6, 6.07) is 0. The first-order valence-corrected chi connectivity index (χ1v) is 10.00. The minimum absolute atomic E-state index is 0.163. The van der Waals surface area contributed by atoms with Crippen LogP contribution >= 0.6 is 0 Å². The molecule has 2 N–H and O–H groups in total. The lowest BCUT2D eigenvalue weighted by Gasteiger charge is -2.58. The molecule has 4 aliphatic rings. The number of fused-ring (bicyclic) bond motifs is 5. The third-order valence-electron chi connectivity index (χ3n) is 8.76. The highest BCUT2D eigenvalue weighted by Crippen LogP contribution is 2.66. The van der Waals surface area contributed by atoms with E-state index in [0.717, 1.165) is 36.3 Å². The summed E-state index contributed by atoms with van der Waals surface area (Å²) in [5, 5.41) is 22.9. The van der Waals surface area contributed by atoms with Crippen molar-refractivity contribution in [2.75, 3.05) is 0 Å². The first-order chi connectivity index (χ1) is 11.4. The van der Waals surface area contributed by atoms with Crippen LogP contribution in [0.4, 0.5) is 0 Å². The van der Waals surface area contributed by atoms with Crippen LogP contribution in [-0.2, 0) is 0 Å². The first kappa shape index (κ1) is 16.6. The van der Waals surface area contributed by atoms with Gasteiger partial charge in [0.25, 0.3) is 0 Å². The Labute approximate surface area is 146 Å². The Morgan fingerprint density at radius 3 is 2.58 bits per heavy atom. The van der Waals surface area contributed by atoms with Crippen molar-refractivity contribution in [3.8, 4) is 0 Å². The average Bonchev–Trinajstić information content (AvgIpc) is 2.91. The molecular weight excluding hydrogens is 298 g/mol. The van der Waals surface area contributed by atoms with Gasteiger partial charge in [-0.2, -0.15) is 0 Å². The number of hydrogen-bond acceptors (Lipinski definition) is 3. The Morgan fingerprint density at radius 1 is 1.08 bits per heavy atom. The van der Waals surface area contributed by atoms with Gasteiger partial charge in [0, 0.05) is 0 Å². The van der Waals surface area contributed by atoms with Crippen LogP contribution in [0.5, 0.6) is 0 Å². The van der Waals surface area contributed by atoms with Crippen molar-refractivity contribution >= 4 is 5.71 Å². The van der Waals surface area contributed by atoms with E-state index in [9.17, 15) is 5.11 Å². The van der Waals surface area contributed by atoms with Crippen LogP contribution in [0.15, 0.2) is 16.8 Å². The molecule has 0 radical (unpaired) electrons. The van der Waals surface area contributed by atoms with E-state index >= 15 is 0 Å². The standard InChI is InChI=1S/C21H33NO2/c1-13(23)17-6-7-18-16-5-4-14-12-15(22-24)8-10-20(14,2)19(16)9-11-21(17,18)3/h12-13,16-19,23-24H,4-11H2,1-3H3/b22-15-/t13-,16-,17+,18-,19-,20-,21+/m0/s1. The average molecular weight is 332 g/mol. The predicted octanol–water partition coefficient (Wildman–Crippen LogP) is 4.78. The number of oxime groups is 1. The van der Waals surface area contributed by atoms with Crippen molar-refractivity contribution < 1.29 is 10.3 Å². The zero-order valence-electron chi connectivity index (χ0n) is 15.5. The molecule has 134 valence electrons. The normalized spacial score (nSPS) is 50.7. The van der Waals surface area contributed by atoms with Gasteiger partial charge in [0.15, 0.2) is 0 Å². The molecule has 4 aliphatic carbocycles. The maximum Gasteiger partial charge on any atom is 0.0795 e. The third kappa shape index (κ3) is 2.16. The smallest absolute Gasteiger partial charge is 0.0795 e. The second-order valence-electron chi connectivity index (χ2n) is 9.56. The highest BCUT2D eigenvalue weighted by Gasteiger charge is 2.59. The summed E-state index contributed by atoms with van der Waals surface area (Å²) < 4.78 is 0. The number of rotatable bonds is 1. The minimum Gasteiger partial charge on any atom is -0.411 e. The van der Waals surface area contributed by atoms with Crippen molar-refractivity contribution in [3.63, 3.8) is 0 Å². The Balaban J connectivity index is 1.65. The van der Waals surface area contributed by atoms with Gasteiger partial charge in [0.1, 0.15) is 0 Å². The van der Waals surface area contributed by atoms with E-state index in [4.69, 9.17) is 5.21 Å². The Kier molecular flexibility index (Phi) is 3.87. The molecule has 0 aromatic rings. The highest BCUT2D eigenvalue weighted by atomic mass is 16.4. The summed E-state index contributed by atoms with van der Waals surface area (Å²) in [5.74, 6) is 2.89. The molecule has 0 unspecified atom stereocenters. The molecule has 0 spiro atoms. The number of hydrogen-bond donors (Lipinski definition) is 2. The van der Waals surface area contributed by atoms with E-state index in [2.05, 4.69) is 25.1 Å². The monoisotopic (exact) mass is 331 g/mol. The largest absolute Gasteiger partial charge is 0.411 e. The van der Waals surface area contributed by atoms with Crippen LogP contribution < -0.4 is 0 Å². The van der Waals surface area contributed by atoms with Gasteiger partial charge in [-0.15, -0.1) is 0 Å². The van der Waals surface area contributed by atoms with Crippen molar-refractivity contribution in [2.24, 2.45) is 39.7 Å². The van der Waals surface area contributed by atoms with Crippen molar-refractivity contribution in [1.29, 1.82) is 0 Å². The predicted molar refractivity (Wildman–Crippen MR) is 96.1 cm³/mol. The van der Waals surface area contributed by atoms with E-state index in [-0.39, 0.29) is 6.10 Å². The lowest BCUT2D eigenvalue weighted by molar-refractivity contribution is -0.0682. The minimum atomic E-state index is -0.163. The number of aliphatic hydroxyl groups excluding tert-OH is 1. The second kappa shape index (κ2) is 5.59. The molecular formula is C21H33NO2. The van der Waals surface area contributed by atoms with Crippen molar-refractivity contribution in [2.45, 2.75) is 78.2 Å². The van der Waals surface area contributed by atoms with Gasteiger partial charge >= 0.3 is 0 Å². The molecule has 3 heteroatoms. The summed E-state index contributed by atoms with van der Waals surface area (Å²) in [4.78, 5) is 0. The fourth-order valence-electron chi connectivity index (χ4n) is 7.48. The number of allylic oxidation sites excluding steroid dienone is 2. The number of aliphatic hydroxyl groups is 1. The quantitative estimate of drug-likeness (QED) is 0.537. The molecule has 0 heterocycles. The first-order valence-electron chi connectivity index (χ1n) is 10.00. The summed E-state index contributed by atoms with van der Waals surface area (Å²) in [7, 11) is 0. The van der Waals surface area contributed by atoms with E-state index in [0.29, 0.717) is 16.7 Å². The number of nitrogens with zero attached hydrogens (tertiary/aromatic N) is 1. The SMILES string of the molecule is C[C@H](O)[C@H]1CC[C@H]2[C@@H]3CCC4=C/C(=N\O)CC[C@]4(C)[C@H]3CC[C@]12C. The van der Waals surface area contributed by atoms with Gasteiger partial charge in [-0.25, -0.2) is 0 Å². The Morgan fingerprint density at radius 2 is 1.88 bits per heavy atom. The van der Waals surface area contributed by atoms with Gasteiger partial charge < -0.3 is 10.3 Å². The zero-order chi connectivity index (χ0) is 17.1. The molecule has 0 amide bonds. The molecule has 3 fully saturated rings. The summed E-state index contributed by atoms with van der Waals surface area (Å²) in [5.41, 5.74) is 3.06. The molecule has 0 aromatic carbocycles. The lowest BCUT2D eigenvalue weighted by Crippen LogP contribution is -2.51. The fraction of sp³-hybridized carbons (Fsp3) is 0.857. The molecule has 4 rings (SSSR count). The molecule has 3 saturated carbocycles. The molecule has 0 bridgehead atoms. The second-order valence-corrected chi connectivity index (χ2v) is 9.56. The molecule has 24 heavy (non-hydrogen) atoms. The van der Waals surface area contributed by atoms with Crippen LogP contribution in [0.2, 0.25) is 0 Å². The molecule has 3 nitrogen and oxygen atoms in total. The summed E-state index contributed by atoms with van der Waals surface area (Å²) >= 11 is 0. The van der Waals surface area contributed by atoms with E-state index in [1.54, 1.807) is 0 Å². The topological polar surface area (TPSA) is 52.8 Å². The molecule has 7 atom stereocenters. The maximum absolute atomic E-state index is 10.3. The van der Waals surface area contributed by atoms with Gasteiger partial charge in [-0.3, -0.25) is 0 Å². The Hall–Kier alpha value is -0.830. The summed E-state index contributed by atoms with van der Waals surface area (Å²) in [6.07, 6.45) is 11.7. The van der Waals surface area contributed by atoms with Crippen LogP contribution in [0.1, 0.15) is 72.1 Å². The van der Waals surface area contributed by atoms with Crippen molar-refractivity contribution in [1.82, 2.24) is 0 Å². The van der Waals surface area contributed by atoms with Gasteiger partial charge in [0.2, 0.25) is 0 Å². The zero-order valence-corrected chi connectivity index (χ0v) is 15.5. The molecule has 0 aliphatic heterocycles.